The van der Waals surface area contributed by atoms with Gasteiger partial charge in [0.2, 0.25) is 0 Å². The maximum Gasteiger partial charge on any atom is 0.160 e. The first-order valence-electron chi connectivity index (χ1n) is 4.52. The summed E-state index contributed by atoms with van der Waals surface area (Å²) in [5.41, 5.74) is 0. The third kappa shape index (κ3) is 1.18. The minimum absolute atomic E-state index is 0.141. The summed E-state index contributed by atoms with van der Waals surface area (Å²) < 4.78 is 11.0. The quantitative estimate of drug-likeness (QED) is 0.574. The Morgan fingerprint density at radius 3 is 2.82 bits per heavy atom. The Hall–Kier alpha value is -0.0800. The Morgan fingerprint density at radius 1 is 1.27 bits per heavy atom. The number of rotatable bonds is 1. The van der Waals surface area contributed by atoms with Crippen molar-refractivity contribution in [2.75, 3.05) is 13.2 Å². The zero-order chi connectivity index (χ0) is 7.84. The molecule has 0 spiro atoms. The van der Waals surface area contributed by atoms with Crippen LogP contribution in [0, 0.1) is 17.8 Å². The average molecular weight is 156 g/mol. The van der Waals surface area contributed by atoms with Crippen molar-refractivity contribution in [1.29, 1.82) is 0 Å². The summed E-state index contributed by atoms with van der Waals surface area (Å²) in [5.74, 6) is 2.17. The third-order valence-corrected chi connectivity index (χ3v) is 2.94. The Balaban J connectivity index is 2.03. The number of ether oxygens (including phenoxy) is 2. The number of hydrogen-bond donors (Lipinski definition) is 0. The molecule has 11 heavy (non-hydrogen) atoms. The van der Waals surface area contributed by atoms with Crippen LogP contribution >= 0.6 is 0 Å². The molecule has 2 aliphatic rings. The normalized spacial score (nSPS) is 43.4. The molecule has 2 aliphatic heterocycles. The van der Waals surface area contributed by atoms with E-state index in [0.717, 1.165) is 25.0 Å². The fourth-order valence-electron chi connectivity index (χ4n) is 2.18. The summed E-state index contributed by atoms with van der Waals surface area (Å²) in [4.78, 5) is 0. The summed E-state index contributed by atoms with van der Waals surface area (Å²) in [5, 5.41) is 0. The summed E-state index contributed by atoms with van der Waals surface area (Å²) in [6.07, 6.45) is 1.34. The van der Waals surface area contributed by atoms with Crippen molar-refractivity contribution in [3.63, 3.8) is 0 Å². The molecule has 0 aromatic rings. The molecular weight excluding hydrogens is 140 g/mol. The van der Waals surface area contributed by atoms with E-state index in [9.17, 15) is 0 Å². The molecule has 1 unspecified atom stereocenters. The molecule has 2 saturated heterocycles. The predicted molar refractivity (Wildman–Crippen MR) is 42.1 cm³/mol. The Bertz CT molecular complexity index is 144. The van der Waals surface area contributed by atoms with Crippen LogP contribution in [0.3, 0.4) is 0 Å². The van der Waals surface area contributed by atoms with Crippen LogP contribution in [0.5, 0.6) is 0 Å². The van der Waals surface area contributed by atoms with Crippen molar-refractivity contribution in [2.45, 2.75) is 26.6 Å². The van der Waals surface area contributed by atoms with Gasteiger partial charge in [-0.3, -0.25) is 0 Å². The van der Waals surface area contributed by atoms with Gasteiger partial charge < -0.3 is 9.47 Å². The minimum Gasteiger partial charge on any atom is -0.352 e. The minimum atomic E-state index is 0.141. The highest BCUT2D eigenvalue weighted by molar-refractivity contribution is 4.84. The molecule has 64 valence electrons. The summed E-state index contributed by atoms with van der Waals surface area (Å²) in [6, 6.07) is 0. The van der Waals surface area contributed by atoms with Crippen molar-refractivity contribution >= 4 is 0 Å². The molecule has 2 heteroatoms. The van der Waals surface area contributed by atoms with E-state index in [1.54, 1.807) is 0 Å². The van der Waals surface area contributed by atoms with Crippen molar-refractivity contribution in [1.82, 2.24) is 0 Å². The van der Waals surface area contributed by atoms with Gasteiger partial charge in [0.1, 0.15) is 0 Å². The highest BCUT2D eigenvalue weighted by atomic mass is 16.7. The molecular formula is C9H16O2. The molecule has 2 nitrogen and oxygen atoms in total. The first-order valence-corrected chi connectivity index (χ1v) is 4.52. The molecule has 2 fully saturated rings. The van der Waals surface area contributed by atoms with Gasteiger partial charge in [-0.05, 0) is 18.3 Å². The van der Waals surface area contributed by atoms with E-state index >= 15 is 0 Å². The Kier molecular flexibility index (Phi) is 1.90. The van der Waals surface area contributed by atoms with Gasteiger partial charge in [0.25, 0.3) is 0 Å². The lowest BCUT2D eigenvalue weighted by atomic mass is 9.85. The molecule has 0 radical (unpaired) electrons. The van der Waals surface area contributed by atoms with Crippen LogP contribution in [-0.2, 0) is 9.47 Å². The van der Waals surface area contributed by atoms with Crippen molar-refractivity contribution in [3.8, 4) is 0 Å². The zero-order valence-corrected chi connectivity index (χ0v) is 7.25. The van der Waals surface area contributed by atoms with Crippen LogP contribution in [-0.4, -0.2) is 19.5 Å². The van der Waals surface area contributed by atoms with E-state index in [0.29, 0.717) is 5.92 Å². The molecule has 0 saturated carbocycles. The fraction of sp³-hybridized carbons (Fsp3) is 1.00. The second-order valence-corrected chi connectivity index (χ2v) is 3.93. The van der Waals surface area contributed by atoms with Gasteiger partial charge in [0, 0.05) is 5.92 Å². The molecule has 3 atom stereocenters. The van der Waals surface area contributed by atoms with Gasteiger partial charge in [0.05, 0.1) is 13.2 Å². The first kappa shape index (κ1) is 7.56. The van der Waals surface area contributed by atoms with Crippen LogP contribution < -0.4 is 0 Å². The van der Waals surface area contributed by atoms with E-state index in [-0.39, 0.29) is 6.29 Å². The zero-order valence-electron chi connectivity index (χ0n) is 7.25. The second-order valence-electron chi connectivity index (χ2n) is 3.93. The van der Waals surface area contributed by atoms with E-state index < -0.39 is 0 Å². The molecule has 0 aliphatic carbocycles. The average Bonchev–Trinajstić information content (AvgIpc) is 2.41. The van der Waals surface area contributed by atoms with Crippen LogP contribution in [0.15, 0.2) is 0 Å². The highest BCUT2D eigenvalue weighted by Gasteiger charge is 2.42. The predicted octanol–water partition coefficient (Wildman–Crippen LogP) is 1.65. The van der Waals surface area contributed by atoms with E-state index in [1.165, 1.54) is 6.42 Å². The monoisotopic (exact) mass is 156 g/mol. The molecule has 2 rings (SSSR count). The molecule has 2 heterocycles. The number of fused-ring (bicyclic) bond motifs is 1. The lowest BCUT2D eigenvalue weighted by Gasteiger charge is -2.17. The van der Waals surface area contributed by atoms with Gasteiger partial charge in [-0.2, -0.15) is 0 Å². The van der Waals surface area contributed by atoms with E-state index in [4.69, 9.17) is 9.47 Å². The lowest BCUT2D eigenvalue weighted by Crippen LogP contribution is -2.19. The maximum atomic E-state index is 5.53. The van der Waals surface area contributed by atoms with Crippen molar-refractivity contribution < 1.29 is 9.47 Å². The highest BCUT2D eigenvalue weighted by Crippen LogP contribution is 2.38. The summed E-state index contributed by atoms with van der Waals surface area (Å²) in [6.45, 7) is 6.36. The Morgan fingerprint density at radius 2 is 2.09 bits per heavy atom. The van der Waals surface area contributed by atoms with Gasteiger partial charge in [-0.1, -0.05) is 13.8 Å². The topological polar surface area (TPSA) is 18.5 Å². The Labute approximate surface area is 67.9 Å². The smallest absolute Gasteiger partial charge is 0.160 e. The molecule has 0 bridgehead atoms. The van der Waals surface area contributed by atoms with Gasteiger partial charge in [0.15, 0.2) is 6.29 Å². The van der Waals surface area contributed by atoms with Gasteiger partial charge in [-0.25, -0.2) is 0 Å². The largest absolute Gasteiger partial charge is 0.352 e. The molecule has 0 amide bonds. The standard InChI is InChI=1S/C9H16O2/c1-6(2)8-5-11-9-7(8)3-4-10-9/h6-9H,3-5H2,1-2H3/t7-,8?,9+/m0/s1. The summed E-state index contributed by atoms with van der Waals surface area (Å²) in [7, 11) is 0. The molecule has 0 N–H and O–H groups in total. The van der Waals surface area contributed by atoms with Crippen LogP contribution in [0.1, 0.15) is 20.3 Å². The molecule has 0 aromatic heterocycles. The van der Waals surface area contributed by atoms with Crippen molar-refractivity contribution in [3.05, 3.63) is 0 Å². The van der Waals surface area contributed by atoms with E-state index in [1.807, 2.05) is 0 Å². The number of hydrogen-bond acceptors (Lipinski definition) is 2. The SMILES string of the molecule is CC(C)C1CO[C@H]2OCC[C@@H]12. The van der Waals surface area contributed by atoms with Crippen LogP contribution in [0.4, 0.5) is 0 Å². The lowest BCUT2D eigenvalue weighted by molar-refractivity contribution is -0.0906. The van der Waals surface area contributed by atoms with E-state index in [2.05, 4.69) is 13.8 Å². The second kappa shape index (κ2) is 2.76. The van der Waals surface area contributed by atoms with Crippen LogP contribution in [0.2, 0.25) is 0 Å². The third-order valence-electron chi connectivity index (χ3n) is 2.94. The first-order chi connectivity index (χ1) is 5.29. The fourth-order valence-corrected chi connectivity index (χ4v) is 2.18. The summed E-state index contributed by atoms with van der Waals surface area (Å²) >= 11 is 0. The van der Waals surface area contributed by atoms with Gasteiger partial charge >= 0.3 is 0 Å². The maximum absolute atomic E-state index is 5.53. The van der Waals surface area contributed by atoms with Crippen molar-refractivity contribution in [2.24, 2.45) is 17.8 Å². The van der Waals surface area contributed by atoms with Crippen LogP contribution in [0.25, 0.3) is 0 Å². The molecule has 0 aromatic carbocycles. The van der Waals surface area contributed by atoms with Gasteiger partial charge in [-0.15, -0.1) is 0 Å².